The lowest BCUT2D eigenvalue weighted by Gasteiger charge is -2.37. The molecule has 0 aromatic heterocycles. The minimum atomic E-state index is -0.0243. The van der Waals surface area contributed by atoms with E-state index in [2.05, 4.69) is 30.9 Å². The van der Waals surface area contributed by atoms with Crippen LogP contribution < -0.4 is 4.90 Å². The Balaban J connectivity index is 1.43. The van der Waals surface area contributed by atoms with Gasteiger partial charge in [0.15, 0.2) is 5.76 Å². The molecule has 5 rings (SSSR count). The van der Waals surface area contributed by atoms with Crippen LogP contribution in [0.15, 0.2) is 22.9 Å². The number of carbonyl (C=O) groups excluding carboxylic acids is 1. The van der Waals surface area contributed by atoms with E-state index in [0.717, 1.165) is 44.1 Å². The van der Waals surface area contributed by atoms with Crippen LogP contribution in [0.5, 0.6) is 0 Å². The molecular weight excluding hydrogens is 410 g/mol. The van der Waals surface area contributed by atoms with Crippen molar-refractivity contribution >= 4 is 23.7 Å². The average molecular weight is 450 g/mol. The summed E-state index contributed by atoms with van der Waals surface area (Å²) in [5, 5.41) is 0. The minimum absolute atomic E-state index is 0.0243. The van der Waals surface area contributed by atoms with Gasteiger partial charge < -0.3 is 9.64 Å². The molecular formula is C28H39N3O2. The largest absolute Gasteiger partial charge is 0.420 e. The Labute approximate surface area is 198 Å². The van der Waals surface area contributed by atoms with Gasteiger partial charge >= 0.3 is 6.02 Å². The summed E-state index contributed by atoms with van der Waals surface area (Å²) in [4.78, 5) is 22.8. The van der Waals surface area contributed by atoms with Gasteiger partial charge in [0.25, 0.3) is 5.91 Å². The molecule has 1 saturated heterocycles. The van der Waals surface area contributed by atoms with Crippen LogP contribution in [0.2, 0.25) is 0 Å². The van der Waals surface area contributed by atoms with Crippen molar-refractivity contribution in [3.63, 3.8) is 0 Å². The molecule has 1 unspecified atom stereocenters. The van der Waals surface area contributed by atoms with Crippen molar-refractivity contribution < 1.29 is 9.53 Å². The summed E-state index contributed by atoms with van der Waals surface area (Å²) in [5.41, 5.74) is 5.42. The Hall–Kier alpha value is -2.30. The first-order chi connectivity index (χ1) is 16.1. The number of amides is 1. The number of aliphatic imine (C=N–C) groups is 1. The van der Waals surface area contributed by atoms with Crippen LogP contribution in [0.25, 0.3) is 6.08 Å². The minimum Gasteiger partial charge on any atom is -0.420 e. The van der Waals surface area contributed by atoms with Gasteiger partial charge in [-0.1, -0.05) is 39.0 Å². The molecule has 1 atom stereocenters. The second-order valence-electron chi connectivity index (χ2n) is 10.4. The molecule has 3 heterocycles. The molecule has 5 heteroatoms. The zero-order chi connectivity index (χ0) is 22.8. The standard InChI is InChI=1S/C28H39N3O2/c1-3-4-5-10-20(2)31-27(32)25(33-28(31)29-24-13-6-7-14-24)19-21-17-22-11-8-15-30-16-9-12-23(18-21)26(22)30/h17-20,24H,3-16H2,1-2H3/b25-19+,29-28?. The van der Waals surface area contributed by atoms with Crippen molar-refractivity contribution in [2.24, 2.45) is 4.99 Å². The van der Waals surface area contributed by atoms with Gasteiger partial charge in [0.2, 0.25) is 0 Å². The highest BCUT2D eigenvalue weighted by atomic mass is 16.5. The molecule has 2 fully saturated rings. The number of anilines is 1. The zero-order valence-corrected chi connectivity index (χ0v) is 20.4. The topological polar surface area (TPSA) is 45.1 Å². The van der Waals surface area contributed by atoms with Crippen LogP contribution in [0.4, 0.5) is 5.69 Å². The number of benzene rings is 1. The third-order valence-corrected chi connectivity index (χ3v) is 7.77. The van der Waals surface area contributed by atoms with Crippen molar-refractivity contribution in [3.05, 3.63) is 34.6 Å². The lowest BCUT2D eigenvalue weighted by molar-refractivity contribution is -0.124. The highest BCUT2D eigenvalue weighted by Crippen LogP contribution is 2.37. The first-order valence-electron chi connectivity index (χ1n) is 13.4. The molecule has 0 bridgehead atoms. The Morgan fingerprint density at radius 3 is 2.45 bits per heavy atom. The Morgan fingerprint density at radius 2 is 1.79 bits per heavy atom. The predicted molar refractivity (Wildman–Crippen MR) is 134 cm³/mol. The molecule has 0 spiro atoms. The van der Waals surface area contributed by atoms with E-state index in [0.29, 0.717) is 11.8 Å². The molecule has 5 nitrogen and oxygen atoms in total. The van der Waals surface area contributed by atoms with Gasteiger partial charge in [0.1, 0.15) is 0 Å². The molecule has 1 amide bonds. The fourth-order valence-electron chi connectivity index (χ4n) is 6.04. The Morgan fingerprint density at radius 1 is 1.09 bits per heavy atom. The number of hydrogen-bond acceptors (Lipinski definition) is 4. The number of hydrogen-bond donors (Lipinski definition) is 0. The van der Waals surface area contributed by atoms with Gasteiger partial charge in [0, 0.05) is 24.8 Å². The van der Waals surface area contributed by atoms with Crippen molar-refractivity contribution in [1.82, 2.24) is 4.90 Å². The van der Waals surface area contributed by atoms with Gasteiger partial charge in [-0.3, -0.25) is 9.69 Å². The second kappa shape index (κ2) is 9.90. The zero-order valence-electron chi connectivity index (χ0n) is 20.4. The average Bonchev–Trinajstić information content (AvgIpc) is 3.42. The molecule has 33 heavy (non-hydrogen) atoms. The van der Waals surface area contributed by atoms with Crippen molar-refractivity contribution in [3.8, 4) is 0 Å². The first kappa shape index (κ1) is 22.5. The van der Waals surface area contributed by atoms with E-state index < -0.39 is 0 Å². The maximum absolute atomic E-state index is 13.5. The van der Waals surface area contributed by atoms with Gasteiger partial charge in [0.05, 0.1) is 6.04 Å². The summed E-state index contributed by atoms with van der Waals surface area (Å²) < 4.78 is 6.21. The molecule has 1 aliphatic carbocycles. The van der Waals surface area contributed by atoms with E-state index in [1.54, 1.807) is 0 Å². The maximum Gasteiger partial charge on any atom is 0.300 e. The molecule has 1 saturated carbocycles. The van der Waals surface area contributed by atoms with E-state index >= 15 is 0 Å². The van der Waals surface area contributed by atoms with Crippen molar-refractivity contribution in [2.75, 3.05) is 18.0 Å². The molecule has 0 N–H and O–H groups in total. The van der Waals surface area contributed by atoms with Gasteiger partial charge in [-0.05, 0) is 86.8 Å². The van der Waals surface area contributed by atoms with E-state index in [4.69, 9.17) is 9.73 Å². The summed E-state index contributed by atoms with van der Waals surface area (Å²) >= 11 is 0. The van der Waals surface area contributed by atoms with E-state index in [9.17, 15) is 4.79 Å². The number of carbonyl (C=O) groups is 1. The third kappa shape index (κ3) is 4.69. The molecule has 1 aromatic rings. The highest BCUT2D eigenvalue weighted by molar-refractivity contribution is 6.11. The molecule has 3 aliphatic heterocycles. The predicted octanol–water partition coefficient (Wildman–Crippen LogP) is 5.85. The number of amidine groups is 1. The Kier molecular flexibility index (Phi) is 6.75. The first-order valence-corrected chi connectivity index (χ1v) is 13.4. The van der Waals surface area contributed by atoms with Gasteiger partial charge in [-0.15, -0.1) is 0 Å². The normalized spacial score (nSPS) is 24.0. The van der Waals surface area contributed by atoms with E-state index in [1.165, 1.54) is 68.4 Å². The van der Waals surface area contributed by atoms with Gasteiger partial charge in [-0.25, -0.2) is 4.99 Å². The summed E-state index contributed by atoms with van der Waals surface area (Å²) in [7, 11) is 0. The third-order valence-electron chi connectivity index (χ3n) is 7.77. The molecule has 0 radical (unpaired) electrons. The van der Waals surface area contributed by atoms with Crippen LogP contribution in [0.1, 0.15) is 94.7 Å². The number of rotatable bonds is 7. The van der Waals surface area contributed by atoms with Gasteiger partial charge in [-0.2, -0.15) is 0 Å². The lowest BCUT2D eigenvalue weighted by Crippen LogP contribution is -2.38. The summed E-state index contributed by atoms with van der Waals surface area (Å²) in [6.07, 6.45) is 15.8. The number of ether oxygens (including phenoxy) is 1. The highest BCUT2D eigenvalue weighted by Gasteiger charge is 2.38. The van der Waals surface area contributed by atoms with Crippen LogP contribution in [0.3, 0.4) is 0 Å². The number of unbranched alkanes of at least 4 members (excludes halogenated alkanes) is 2. The fraction of sp³-hybridized carbons (Fsp3) is 0.643. The Bertz CT molecular complexity index is 913. The van der Waals surface area contributed by atoms with Crippen LogP contribution >= 0.6 is 0 Å². The van der Waals surface area contributed by atoms with Crippen molar-refractivity contribution in [1.29, 1.82) is 0 Å². The monoisotopic (exact) mass is 449 g/mol. The quantitative estimate of drug-likeness (QED) is 0.387. The summed E-state index contributed by atoms with van der Waals surface area (Å²) in [6.45, 7) is 6.71. The smallest absolute Gasteiger partial charge is 0.300 e. The second-order valence-corrected chi connectivity index (χ2v) is 10.4. The van der Waals surface area contributed by atoms with Crippen LogP contribution in [0, 0.1) is 0 Å². The number of nitrogens with zero attached hydrogens (tertiary/aromatic N) is 3. The van der Waals surface area contributed by atoms with Crippen LogP contribution in [-0.2, 0) is 22.4 Å². The molecule has 178 valence electrons. The maximum atomic E-state index is 13.5. The SMILES string of the molecule is CCCCCC(C)N1C(=O)/C(=C\c2cc3c4c(c2)CCCN4CCC3)OC1=NC1CCCC1. The fourth-order valence-corrected chi connectivity index (χ4v) is 6.04. The van der Waals surface area contributed by atoms with E-state index in [-0.39, 0.29) is 18.0 Å². The lowest BCUT2D eigenvalue weighted by atomic mass is 9.90. The summed E-state index contributed by atoms with van der Waals surface area (Å²) in [6, 6.07) is 5.49. The molecule has 1 aromatic carbocycles. The van der Waals surface area contributed by atoms with E-state index in [1.807, 2.05) is 11.0 Å². The number of aryl methyl sites for hydroxylation is 2. The van der Waals surface area contributed by atoms with Crippen molar-refractivity contribution in [2.45, 2.75) is 103 Å². The van der Waals surface area contributed by atoms with Crippen LogP contribution in [-0.4, -0.2) is 42.0 Å². The summed E-state index contributed by atoms with van der Waals surface area (Å²) in [5.74, 6) is 0.411. The molecule has 4 aliphatic rings.